The molecule has 0 atom stereocenters. The molecule has 4 nitrogen and oxygen atoms in total. The summed E-state index contributed by atoms with van der Waals surface area (Å²) < 4.78 is 0. The van der Waals surface area contributed by atoms with Gasteiger partial charge in [-0.2, -0.15) is 0 Å². The van der Waals surface area contributed by atoms with E-state index in [2.05, 4.69) is 5.32 Å². The summed E-state index contributed by atoms with van der Waals surface area (Å²) in [5.41, 5.74) is -0.996. The van der Waals surface area contributed by atoms with Gasteiger partial charge in [0.2, 0.25) is 5.91 Å². The Morgan fingerprint density at radius 1 is 1.05 bits per heavy atom. The molecule has 2 N–H and O–H groups in total. The largest absolute Gasteiger partial charge is 0.388 e. The molecule has 0 spiro atoms. The second-order valence-corrected chi connectivity index (χ2v) is 6.60. The van der Waals surface area contributed by atoms with E-state index >= 15 is 0 Å². The number of nitrogens with zero attached hydrogens (tertiary/aromatic N) is 1. The van der Waals surface area contributed by atoms with Crippen molar-refractivity contribution in [2.75, 3.05) is 20.6 Å². The minimum Gasteiger partial charge on any atom is -0.388 e. The number of hydrogen-bond donors (Lipinski definition) is 2. The molecular weight excluding hydrogens is 240 g/mol. The molecule has 0 aromatic rings. The number of hydrogen-bond acceptors (Lipinski definition) is 3. The van der Waals surface area contributed by atoms with E-state index < -0.39 is 5.60 Å². The van der Waals surface area contributed by atoms with Gasteiger partial charge in [-0.1, -0.05) is 25.7 Å². The van der Waals surface area contributed by atoms with Crippen molar-refractivity contribution >= 4 is 5.91 Å². The Balaban J connectivity index is 1.88. The quantitative estimate of drug-likeness (QED) is 0.763. The van der Waals surface area contributed by atoms with E-state index in [0.29, 0.717) is 6.54 Å². The van der Waals surface area contributed by atoms with Gasteiger partial charge in [-0.05, 0) is 46.2 Å². The Morgan fingerprint density at radius 3 is 2.05 bits per heavy atom. The molecule has 0 saturated heterocycles. The number of carbonyl (C=O) groups is 1. The van der Waals surface area contributed by atoms with Crippen LogP contribution >= 0.6 is 0 Å². The summed E-state index contributed by atoms with van der Waals surface area (Å²) in [6.07, 6.45) is 9.20. The lowest BCUT2D eigenvalue weighted by Gasteiger charge is -2.46. The highest BCUT2D eigenvalue weighted by molar-refractivity contribution is 5.87. The van der Waals surface area contributed by atoms with Gasteiger partial charge in [-0.15, -0.1) is 0 Å². The van der Waals surface area contributed by atoms with E-state index in [9.17, 15) is 9.90 Å². The van der Waals surface area contributed by atoms with E-state index in [4.69, 9.17) is 0 Å². The lowest BCUT2D eigenvalue weighted by molar-refractivity contribution is -0.138. The molecule has 2 rings (SSSR count). The van der Waals surface area contributed by atoms with Crippen LogP contribution in [0.3, 0.4) is 0 Å². The van der Waals surface area contributed by atoms with Crippen LogP contribution in [0.15, 0.2) is 0 Å². The van der Waals surface area contributed by atoms with Gasteiger partial charge in [0.05, 0.1) is 11.1 Å². The first-order valence-corrected chi connectivity index (χ1v) is 7.67. The molecular formula is C15H28N2O2. The number of aliphatic hydroxyl groups is 1. The zero-order valence-corrected chi connectivity index (χ0v) is 12.4. The van der Waals surface area contributed by atoms with Crippen molar-refractivity contribution in [3.8, 4) is 0 Å². The molecule has 0 bridgehead atoms. The summed E-state index contributed by atoms with van der Waals surface area (Å²) in [5, 5.41) is 13.6. The average molecular weight is 268 g/mol. The van der Waals surface area contributed by atoms with E-state index in [1.165, 1.54) is 12.8 Å². The molecule has 19 heavy (non-hydrogen) atoms. The topological polar surface area (TPSA) is 52.6 Å². The number of carbonyl (C=O) groups excluding carboxylic acids is 1. The molecule has 0 aliphatic heterocycles. The fraction of sp³-hybridized carbons (Fsp3) is 0.933. The molecule has 1 amide bonds. The summed E-state index contributed by atoms with van der Waals surface area (Å²) in [4.78, 5) is 14.4. The molecule has 4 heteroatoms. The van der Waals surface area contributed by atoms with Gasteiger partial charge in [0.15, 0.2) is 0 Å². The van der Waals surface area contributed by atoms with E-state index in [-0.39, 0.29) is 11.4 Å². The molecule has 0 aromatic heterocycles. The van der Waals surface area contributed by atoms with Gasteiger partial charge in [0, 0.05) is 6.54 Å². The van der Waals surface area contributed by atoms with Crippen LogP contribution in [0.2, 0.25) is 0 Å². The third-order valence-corrected chi connectivity index (χ3v) is 5.07. The summed E-state index contributed by atoms with van der Waals surface area (Å²) >= 11 is 0. The fourth-order valence-electron chi connectivity index (χ4n) is 3.36. The van der Waals surface area contributed by atoms with Gasteiger partial charge >= 0.3 is 0 Å². The van der Waals surface area contributed by atoms with Crippen LogP contribution in [-0.4, -0.2) is 47.7 Å². The minimum absolute atomic E-state index is 0.0985. The van der Waals surface area contributed by atoms with Crippen molar-refractivity contribution in [2.45, 2.75) is 68.9 Å². The maximum absolute atomic E-state index is 12.4. The SMILES string of the molecule is CN(C)C1(C(=O)NCC2(O)CCCCCC2)CCC1. The van der Waals surface area contributed by atoms with Crippen molar-refractivity contribution in [2.24, 2.45) is 0 Å². The molecule has 2 fully saturated rings. The van der Waals surface area contributed by atoms with Crippen molar-refractivity contribution in [1.29, 1.82) is 0 Å². The third kappa shape index (κ3) is 3.11. The maximum atomic E-state index is 12.4. The fourth-order valence-corrected chi connectivity index (χ4v) is 3.36. The van der Waals surface area contributed by atoms with Gasteiger partial charge in [0.1, 0.15) is 0 Å². The van der Waals surface area contributed by atoms with Gasteiger partial charge in [-0.3, -0.25) is 9.69 Å². The Kier molecular flexibility index (Phi) is 4.51. The molecule has 0 heterocycles. The van der Waals surface area contributed by atoms with Crippen LogP contribution in [0.4, 0.5) is 0 Å². The summed E-state index contributed by atoms with van der Waals surface area (Å²) in [5.74, 6) is 0.0985. The van der Waals surface area contributed by atoms with Crippen molar-refractivity contribution in [3.63, 3.8) is 0 Å². The van der Waals surface area contributed by atoms with Crippen LogP contribution in [-0.2, 0) is 4.79 Å². The van der Waals surface area contributed by atoms with Crippen LogP contribution in [0.5, 0.6) is 0 Å². The molecule has 2 aliphatic rings. The summed E-state index contributed by atoms with van der Waals surface area (Å²) in [6.45, 7) is 0.418. The minimum atomic E-state index is -0.677. The average Bonchev–Trinajstić information content (AvgIpc) is 2.50. The predicted octanol–water partition coefficient (Wildman–Crippen LogP) is 1.67. The number of likely N-dealkylation sites (N-methyl/N-ethyl adjacent to an activating group) is 1. The highest BCUT2D eigenvalue weighted by Crippen LogP contribution is 2.36. The Labute approximate surface area is 116 Å². The molecule has 0 aromatic carbocycles. The lowest BCUT2D eigenvalue weighted by atomic mass is 9.75. The van der Waals surface area contributed by atoms with Crippen molar-refractivity contribution in [3.05, 3.63) is 0 Å². The first-order valence-electron chi connectivity index (χ1n) is 7.67. The first kappa shape index (κ1) is 14.8. The van der Waals surface area contributed by atoms with Crippen LogP contribution < -0.4 is 5.32 Å². The highest BCUT2D eigenvalue weighted by atomic mass is 16.3. The smallest absolute Gasteiger partial charge is 0.240 e. The molecule has 0 radical (unpaired) electrons. The zero-order chi connectivity index (χ0) is 13.9. The standard InChI is InChI=1S/C15H28N2O2/c1-17(2)15(10-7-11-15)13(18)16-12-14(19)8-5-3-4-6-9-14/h19H,3-12H2,1-2H3,(H,16,18). The third-order valence-electron chi connectivity index (χ3n) is 5.07. The van der Waals surface area contributed by atoms with E-state index in [1.54, 1.807) is 0 Å². The van der Waals surface area contributed by atoms with Crippen molar-refractivity contribution in [1.82, 2.24) is 10.2 Å². The molecule has 2 aliphatic carbocycles. The lowest BCUT2D eigenvalue weighted by Crippen LogP contribution is -2.61. The monoisotopic (exact) mass is 268 g/mol. The number of nitrogens with one attached hydrogen (secondary N) is 1. The summed E-state index contributed by atoms with van der Waals surface area (Å²) in [6, 6.07) is 0. The highest BCUT2D eigenvalue weighted by Gasteiger charge is 2.46. The number of rotatable bonds is 4. The van der Waals surface area contributed by atoms with Crippen LogP contribution in [0, 0.1) is 0 Å². The van der Waals surface area contributed by atoms with Crippen molar-refractivity contribution < 1.29 is 9.90 Å². The first-order chi connectivity index (χ1) is 8.99. The Bertz CT molecular complexity index is 316. The second-order valence-electron chi connectivity index (χ2n) is 6.60. The molecule has 2 saturated carbocycles. The summed E-state index contributed by atoms with van der Waals surface area (Å²) in [7, 11) is 3.94. The van der Waals surface area contributed by atoms with Gasteiger partial charge < -0.3 is 10.4 Å². The number of amides is 1. The Hall–Kier alpha value is -0.610. The Morgan fingerprint density at radius 2 is 1.63 bits per heavy atom. The molecule has 0 unspecified atom stereocenters. The van der Waals surface area contributed by atoms with Crippen LogP contribution in [0.1, 0.15) is 57.8 Å². The van der Waals surface area contributed by atoms with E-state index in [1.807, 2.05) is 19.0 Å². The normalized spacial score (nSPS) is 25.5. The predicted molar refractivity (Wildman–Crippen MR) is 75.9 cm³/mol. The van der Waals surface area contributed by atoms with Gasteiger partial charge in [0.25, 0.3) is 0 Å². The second kappa shape index (κ2) is 5.80. The van der Waals surface area contributed by atoms with Gasteiger partial charge in [-0.25, -0.2) is 0 Å². The zero-order valence-electron chi connectivity index (χ0n) is 12.4. The molecule has 110 valence electrons. The maximum Gasteiger partial charge on any atom is 0.240 e. The van der Waals surface area contributed by atoms with Crippen LogP contribution in [0.25, 0.3) is 0 Å². The van der Waals surface area contributed by atoms with E-state index in [0.717, 1.165) is 44.9 Å².